The first-order chi connectivity index (χ1) is 11.5. The quantitative estimate of drug-likeness (QED) is 0.635. The van der Waals surface area contributed by atoms with Gasteiger partial charge in [0, 0.05) is 11.8 Å². The summed E-state index contributed by atoms with van der Waals surface area (Å²) in [6.45, 7) is 4.40. The molecule has 1 spiro atoms. The Balaban J connectivity index is 1.61. The monoisotopic (exact) mass is 326 g/mol. The second-order valence-electron chi connectivity index (χ2n) is 8.97. The fourth-order valence-electron chi connectivity index (χ4n) is 7.19. The smallest absolute Gasteiger partial charge is 0.313 e. The number of carbonyl (C=O) groups is 2. The molecular formula is C21H26O3. The van der Waals surface area contributed by atoms with E-state index in [0.717, 1.165) is 38.5 Å². The number of ketones is 1. The van der Waals surface area contributed by atoms with Gasteiger partial charge in [0.05, 0.1) is 5.41 Å². The van der Waals surface area contributed by atoms with E-state index in [4.69, 9.17) is 4.74 Å². The number of allylic oxidation sites excluding steroid dienone is 4. The standard InChI is InChI=1S/C21H26O3/c1-12-14-6-7-16-18-15(8-10-21(14,16)19(23)24-12)20(2)9-4-3-5-13(20)11-17(18)22/h3,5,11-12,14-16,18H,4,6-10H2,1-2H3/t12?,14-,15+,16+,18-,20+,21+/m1/s1. The van der Waals surface area contributed by atoms with Crippen molar-refractivity contribution >= 4 is 11.8 Å². The predicted molar refractivity (Wildman–Crippen MR) is 90.0 cm³/mol. The third-order valence-corrected chi connectivity index (χ3v) is 8.32. The van der Waals surface area contributed by atoms with E-state index in [0.29, 0.717) is 11.8 Å². The third-order valence-electron chi connectivity index (χ3n) is 8.32. The highest BCUT2D eigenvalue weighted by molar-refractivity contribution is 5.96. The fraction of sp³-hybridized carbons (Fsp3) is 0.714. The molecule has 0 aromatic heterocycles. The van der Waals surface area contributed by atoms with Crippen molar-refractivity contribution in [2.45, 2.75) is 58.5 Å². The summed E-state index contributed by atoms with van der Waals surface area (Å²) in [5, 5.41) is 0. The summed E-state index contributed by atoms with van der Waals surface area (Å²) in [5.41, 5.74) is 0.983. The van der Waals surface area contributed by atoms with Gasteiger partial charge in [0.2, 0.25) is 0 Å². The minimum Gasteiger partial charge on any atom is -0.462 e. The van der Waals surface area contributed by atoms with E-state index in [2.05, 4.69) is 19.1 Å². The topological polar surface area (TPSA) is 43.4 Å². The van der Waals surface area contributed by atoms with E-state index < -0.39 is 0 Å². The van der Waals surface area contributed by atoms with Gasteiger partial charge in [0.15, 0.2) is 5.78 Å². The lowest BCUT2D eigenvalue weighted by Gasteiger charge is -2.54. The molecule has 0 amide bonds. The van der Waals surface area contributed by atoms with Crippen LogP contribution in [0.5, 0.6) is 0 Å². The molecule has 0 bridgehead atoms. The first-order valence-electron chi connectivity index (χ1n) is 9.62. The first kappa shape index (κ1) is 14.9. The molecule has 7 atom stereocenters. The molecular weight excluding hydrogens is 300 g/mol. The normalized spacial score (nSPS) is 52.1. The number of esters is 1. The van der Waals surface area contributed by atoms with Crippen molar-refractivity contribution in [1.29, 1.82) is 0 Å². The Morgan fingerprint density at radius 2 is 1.88 bits per heavy atom. The summed E-state index contributed by atoms with van der Waals surface area (Å²) >= 11 is 0. The molecule has 0 aromatic rings. The van der Waals surface area contributed by atoms with E-state index in [1.807, 2.05) is 13.0 Å². The Hall–Kier alpha value is -1.38. The zero-order chi connectivity index (χ0) is 16.7. The van der Waals surface area contributed by atoms with Crippen LogP contribution in [-0.4, -0.2) is 17.9 Å². The average Bonchev–Trinajstić information content (AvgIpc) is 3.05. The van der Waals surface area contributed by atoms with Crippen molar-refractivity contribution in [2.75, 3.05) is 0 Å². The van der Waals surface area contributed by atoms with E-state index in [1.54, 1.807) is 0 Å². The number of ether oxygens (including phenoxy) is 1. The summed E-state index contributed by atoms with van der Waals surface area (Å²) in [5.74, 6) is 1.23. The van der Waals surface area contributed by atoms with Crippen LogP contribution < -0.4 is 0 Å². The lowest BCUT2D eigenvalue weighted by atomic mass is 9.47. The highest BCUT2D eigenvalue weighted by Gasteiger charge is 2.69. The van der Waals surface area contributed by atoms with E-state index in [-0.39, 0.29) is 40.5 Å². The Morgan fingerprint density at radius 3 is 2.71 bits per heavy atom. The molecule has 1 heterocycles. The van der Waals surface area contributed by atoms with Crippen LogP contribution in [0, 0.1) is 34.5 Å². The molecule has 1 unspecified atom stereocenters. The van der Waals surface area contributed by atoms with Gasteiger partial charge in [0.1, 0.15) is 6.10 Å². The van der Waals surface area contributed by atoms with Crippen LogP contribution in [0.4, 0.5) is 0 Å². The summed E-state index contributed by atoms with van der Waals surface area (Å²) < 4.78 is 5.66. The molecule has 3 heteroatoms. The molecule has 0 N–H and O–H groups in total. The summed E-state index contributed by atoms with van der Waals surface area (Å²) in [6.07, 6.45) is 12.5. The Bertz CT molecular complexity index is 689. The number of hydrogen-bond donors (Lipinski definition) is 0. The molecule has 5 aliphatic rings. The molecule has 3 fully saturated rings. The molecule has 4 aliphatic carbocycles. The van der Waals surface area contributed by atoms with Crippen LogP contribution in [0.2, 0.25) is 0 Å². The Labute approximate surface area is 143 Å². The Kier molecular flexibility index (Phi) is 2.87. The number of fused-ring (bicyclic) bond motifs is 4. The lowest BCUT2D eigenvalue weighted by molar-refractivity contribution is -0.158. The van der Waals surface area contributed by atoms with E-state index in [9.17, 15) is 9.59 Å². The van der Waals surface area contributed by atoms with Crippen molar-refractivity contribution in [3.8, 4) is 0 Å². The summed E-state index contributed by atoms with van der Waals surface area (Å²) in [6, 6.07) is 0. The van der Waals surface area contributed by atoms with Crippen molar-refractivity contribution in [3.63, 3.8) is 0 Å². The molecule has 1 saturated heterocycles. The lowest BCUT2D eigenvalue weighted by Crippen LogP contribution is -2.54. The maximum atomic E-state index is 13.1. The van der Waals surface area contributed by atoms with Gasteiger partial charge >= 0.3 is 5.97 Å². The molecule has 2 saturated carbocycles. The second-order valence-corrected chi connectivity index (χ2v) is 8.97. The van der Waals surface area contributed by atoms with Crippen LogP contribution in [0.1, 0.15) is 52.4 Å². The average molecular weight is 326 g/mol. The highest BCUT2D eigenvalue weighted by atomic mass is 16.6. The summed E-state index contributed by atoms with van der Waals surface area (Å²) in [4.78, 5) is 25.9. The minimum atomic E-state index is -0.359. The maximum absolute atomic E-state index is 13.1. The third kappa shape index (κ3) is 1.55. The van der Waals surface area contributed by atoms with Gasteiger partial charge < -0.3 is 4.74 Å². The van der Waals surface area contributed by atoms with Gasteiger partial charge in [-0.05, 0) is 74.3 Å². The van der Waals surface area contributed by atoms with Crippen molar-refractivity contribution in [3.05, 3.63) is 23.8 Å². The SMILES string of the molecule is CC1OC(=O)[C@]23CC[C@H]4[C@@H](C(=O)C=C5C=CCC[C@@]54C)[C@@H]2CC[C@H]13. The highest BCUT2D eigenvalue weighted by Crippen LogP contribution is 2.67. The fourth-order valence-corrected chi connectivity index (χ4v) is 7.19. The predicted octanol–water partition coefficient (Wildman–Crippen LogP) is 3.84. The number of hydrogen-bond acceptors (Lipinski definition) is 3. The van der Waals surface area contributed by atoms with Crippen molar-refractivity contribution < 1.29 is 14.3 Å². The first-order valence-corrected chi connectivity index (χ1v) is 9.62. The van der Waals surface area contributed by atoms with Crippen LogP contribution >= 0.6 is 0 Å². The second kappa shape index (κ2) is 4.62. The summed E-state index contributed by atoms with van der Waals surface area (Å²) in [7, 11) is 0. The maximum Gasteiger partial charge on any atom is 0.313 e. The van der Waals surface area contributed by atoms with Gasteiger partial charge in [-0.1, -0.05) is 19.1 Å². The largest absolute Gasteiger partial charge is 0.462 e. The molecule has 128 valence electrons. The van der Waals surface area contributed by atoms with Crippen LogP contribution in [0.3, 0.4) is 0 Å². The van der Waals surface area contributed by atoms with Gasteiger partial charge in [-0.15, -0.1) is 0 Å². The molecule has 5 rings (SSSR count). The number of rotatable bonds is 0. The molecule has 0 aromatic carbocycles. The molecule has 1 aliphatic heterocycles. The van der Waals surface area contributed by atoms with Crippen LogP contribution in [0.15, 0.2) is 23.8 Å². The zero-order valence-electron chi connectivity index (χ0n) is 14.6. The molecule has 3 nitrogen and oxygen atoms in total. The Morgan fingerprint density at radius 1 is 1.08 bits per heavy atom. The number of cyclic esters (lactones) is 1. The minimum absolute atomic E-state index is 0.00257. The van der Waals surface area contributed by atoms with Crippen molar-refractivity contribution in [1.82, 2.24) is 0 Å². The van der Waals surface area contributed by atoms with Gasteiger partial charge in [-0.25, -0.2) is 0 Å². The van der Waals surface area contributed by atoms with Crippen molar-refractivity contribution in [2.24, 2.45) is 34.5 Å². The zero-order valence-corrected chi connectivity index (χ0v) is 14.6. The van der Waals surface area contributed by atoms with E-state index in [1.165, 1.54) is 5.57 Å². The molecule has 0 radical (unpaired) electrons. The van der Waals surface area contributed by atoms with Gasteiger partial charge in [-0.3, -0.25) is 9.59 Å². The van der Waals surface area contributed by atoms with Gasteiger partial charge in [-0.2, -0.15) is 0 Å². The molecule has 24 heavy (non-hydrogen) atoms. The van der Waals surface area contributed by atoms with Gasteiger partial charge in [0.25, 0.3) is 0 Å². The number of carbonyl (C=O) groups excluding carboxylic acids is 2. The van der Waals surface area contributed by atoms with Crippen LogP contribution in [0.25, 0.3) is 0 Å². The van der Waals surface area contributed by atoms with Crippen LogP contribution in [-0.2, 0) is 14.3 Å². The van der Waals surface area contributed by atoms with E-state index >= 15 is 0 Å².